The summed E-state index contributed by atoms with van der Waals surface area (Å²) in [6.45, 7) is 3.42. The molecule has 0 bridgehead atoms. The van der Waals surface area contributed by atoms with Gasteiger partial charge < -0.3 is 10.1 Å². The van der Waals surface area contributed by atoms with Gasteiger partial charge >= 0.3 is 24.6 Å². The maximum absolute atomic E-state index is 13.6. The first-order valence-corrected chi connectivity index (χ1v) is 15.3. The summed E-state index contributed by atoms with van der Waals surface area (Å²) < 4.78 is 126. The average molecular weight is 685 g/mol. The number of amides is 1. The smallest absolute Gasteiger partial charge is 0.416 e. The van der Waals surface area contributed by atoms with Gasteiger partial charge in [0, 0.05) is 11.3 Å². The summed E-state index contributed by atoms with van der Waals surface area (Å²) in [7, 11) is 0. The van der Waals surface area contributed by atoms with Crippen LogP contribution in [0.1, 0.15) is 60.5 Å². The van der Waals surface area contributed by atoms with Crippen LogP contribution in [0.15, 0.2) is 36.4 Å². The lowest BCUT2D eigenvalue weighted by Gasteiger charge is -2.40. The number of nitrogens with zero attached hydrogens (tertiary/aromatic N) is 5. The van der Waals surface area contributed by atoms with E-state index in [9.17, 15) is 44.3 Å². The predicted molar refractivity (Wildman–Crippen MR) is 151 cm³/mol. The summed E-state index contributed by atoms with van der Waals surface area (Å²) in [5, 5.41) is 14.4. The highest BCUT2D eigenvalue weighted by molar-refractivity contribution is 7.99. The van der Waals surface area contributed by atoms with E-state index in [0.29, 0.717) is 18.6 Å². The number of hydrogen-bond acceptors (Lipinski definition) is 7. The van der Waals surface area contributed by atoms with Crippen molar-refractivity contribution in [1.82, 2.24) is 20.2 Å². The van der Waals surface area contributed by atoms with Crippen LogP contribution in [0.4, 0.5) is 55.9 Å². The number of hydrogen-bond donors (Lipinski definition) is 1. The second-order valence-electron chi connectivity index (χ2n) is 10.5. The average Bonchev–Trinajstić information content (AvgIpc) is 3.41. The van der Waals surface area contributed by atoms with Crippen molar-refractivity contribution < 1.29 is 49.0 Å². The van der Waals surface area contributed by atoms with E-state index in [1.807, 2.05) is 6.92 Å². The molecule has 1 unspecified atom stereocenters. The maximum Gasteiger partial charge on any atom is 0.416 e. The molecule has 2 aromatic carbocycles. The van der Waals surface area contributed by atoms with Gasteiger partial charge in [0.05, 0.1) is 41.6 Å². The van der Waals surface area contributed by atoms with Gasteiger partial charge in [0.25, 0.3) is 5.95 Å². The standard InChI is InChI=1S/C28H29F9N6O2S/c1-4-19-13-22(21-12-16(26(29,30)31)6-7-23(21)43(19)25(44)45-5-2)38-24-39-41-42(40-24)14-20(46-3)10-15-8-17(27(32,33)34)11-18(9-15)28(35,36)37/h6-9,11-12,19-20,22H,4-5,10,13-14H2,1-3H3,(H,38,40)/t19-,20?,22+/m1/s1. The zero-order chi connectivity index (χ0) is 34.0. The van der Waals surface area contributed by atoms with Gasteiger partial charge in [-0.15, -0.1) is 5.10 Å². The fraction of sp³-hybridized carbons (Fsp3) is 0.500. The van der Waals surface area contributed by atoms with E-state index in [1.165, 1.54) is 22.7 Å². The van der Waals surface area contributed by atoms with Gasteiger partial charge in [-0.25, -0.2) is 4.79 Å². The highest BCUT2D eigenvalue weighted by atomic mass is 32.2. The molecule has 0 saturated heterocycles. The number of carbonyl (C=O) groups is 1. The Morgan fingerprint density at radius 1 is 0.978 bits per heavy atom. The summed E-state index contributed by atoms with van der Waals surface area (Å²) in [6.07, 6.45) is -13.3. The zero-order valence-corrected chi connectivity index (χ0v) is 25.4. The molecule has 0 saturated carbocycles. The van der Waals surface area contributed by atoms with Crippen molar-refractivity contribution in [3.05, 3.63) is 64.2 Å². The SMILES string of the molecule is CCOC(=O)N1c2ccc(C(F)(F)F)cc2[C@@H](Nc2nnn(CC(Cc3cc(C(F)(F)F)cc(C(F)(F)F)c3)SC)n2)C[C@H]1CC. The Bertz CT molecular complexity index is 1490. The van der Waals surface area contributed by atoms with E-state index in [-0.39, 0.29) is 54.8 Å². The summed E-state index contributed by atoms with van der Waals surface area (Å²) in [6, 6.07) is 3.17. The monoisotopic (exact) mass is 684 g/mol. The molecule has 0 spiro atoms. The number of thioether (sulfide) groups is 1. The zero-order valence-electron chi connectivity index (χ0n) is 24.6. The fourth-order valence-corrected chi connectivity index (χ4v) is 5.84. The molecule has 0 aliphatic carbocycles. The molecular formula is C28H29F9N6O2S. The van der Waals surface area contributed by atoms with Crippen molar-refractivity contribution in [2.24, 2.45) is 0 Å². The number of halogens is 9. The largest absolute Gasteiger partial charge is 0.449 e. The minimum Gasteiger partial charge on any atom is -0.449 e. The molecule has 0 radical (unpaired) electrons. The topological polar surface area (TPSA) is 85.2 Å². The summed E-state index contributed by atoms with van der Waals surface area (Å²) in [5.41, 5.74) is -3.59. The fourth-order valence-electron chi connectivity index (χ4n) is 5.20. The molecule has 252 valence electrons. The molecule has 2 heterocycles. The van der Waals surface area contributed by atoms with Crippen molar-refractivity contribution in [2.75, 3.05) is 23.1 Å². The number of rotatable bonds is 9. The van der Waals surface area contributed by atoms with E-state index < -0.39 is 58.6 Å². The molecular weight excluding hydrogens is 655 g/mol. The lowest BCUT2D eigenvalue weighted by molar-refractivity contribution is -0.143. The van der Waals surface area contributed by atoms with Gasteiger partial charge in [-0.2, -0.15) is 56.1 Å². The highest BCUT2D eigenvalue weighted by Gasteiger charge is 2.40. The van der Waals surface area contributed by atoms with E-state index in [1.54, 1.807) is 13.2 Å². The van der Waals surface area contributed by atoms with Gasteiger partial charge in [-0.05, 0) is 85.2 Å². The lowest BCUT2D eigenvalue weighted by Crippen LogP contribution is -2.46. The number of tetrazole rings is 1. The van der Waals surface area contributed by atoms with E-state index in [2.05, 4.69) is 20.7 Å². The van der Waals surface area contributed by atoms with Gasteiger partial charge in [0.1, 0.15) is 0 Å². The van der Waals surface area contributed by atoms with Gasteiger partial charge in [-0.3, -0.25) is 4.90 Å². The second-order valence-corrected chi connectivity index (χ2v) is 11.6. The van der Waals surface area contributed by atoms with Crippen LogP contribution in [0, 0.1) is 0 Å². The summed E-state index contributed by atoms with van der Waals surface area (Å²) in [4.78, 5) is 15.2. The lowest BCUT2D eigenvalue weighted by atomic mass is 9.89. The van der Waals surface area contributed by atoms with Crippen LogP contribution >= 0.6 is 11.8 Å². The van der Waals surface area contributed by atoms with E-state index >= 15 is 0 Å². The third-order valence-electron chi connectivity index (χ3n) is 7.37. The molecule has 18 heteroatoms. The Morgan fingerprint density at radius 2 is 1.61 bits per heavy atom. The first-order valence-electron chi connectivity index (χ1n) is 14.0. The molecule has 4 rings (SSSR count). The Hall–Kier alpha value is -3.70. The van der Waals surface area contributed by atoms with Crippen molar-refractivity contribution in [3.63, 3.8) is 0 Å². The van der Waals surface area contributed by atoms with Crippen LogP contribution in [0.5, 0.6) is 0 Å². The number of alkyl halides is 9. The number of ether oxygens (including phenoxy) is 1. The second kappa shape index (κ2) is 13.6. The number of nitrogens with one attached hydrogen (secondary N) is 1. The Morgan fingerprint density at radius 3 is 2.15 bits per heavy atom. The van der Waals surface area contributed by atoms with E-state index in [0.717, 1.165) is 16.9 Å². The van der Waals surface area contributed by atoms with Crippen LogP contribution in [-0.4, -0.2) is 50.5 Å². The van der Waals surface area contributed by atoms with Crippen LogP contribution in [0.25, 0.3) is 0 Å². The van der Waals surface area contributed by atoms with Crippen LogP contribution in [0.3, 0.4) is 0 Å². The van der Waals surface area contributed by atoms with Gasteiger partial charge in [0.2, 0.25) is 0 Å². The predicted octanol–water partition coefficient (Wildman–Crippen LogP) is 8.00. The molecule has 1 aromatic heterocycles. The molecule has 1 aliphatic rings. The Labute approximate surface area is 261 Å². The van der Waals surface area contributed by atoms with Crippen molar-refractivity contribution in [2.45, 2.75) is 75.5 Å². The molecule has 8 nitrogen and oxygen atoms in total. The molecule has 3 atom stereocenters. The third kappa shape index (κ3) is 8.17. The van der Waals surface area contributed by atoms with Crippen molar-refractivity contribution in [3.8, 4) is 0 Å². The third-order valence-corrected chi connectivity index (χ3v) is 8.35. The maximum atomic E-state index is 13.6. The molecule has 1 amide bonds. The molecule has 1 N–H and O–H groups in total. The van der Waals surface area contributed by atoms with Gasteiger partial charge in [-0.1, -0.05) is 12.0 Å². The molecule has 1 aliphatic heterocycles. The molecule has 46 heavy (non-hydrogen) atoms. The van der Waals surface area contributed by atoms with Crippen molar-refractivity contribution >= 4 is 29.5 Å². The molecule has 0 fully saturated rings. The minimum absolute atomic E-state index is 0.0544. The first-order chi connectivity index (χ1) is 21.4. The number of carbonyl (C=O) groups excluding carboxylic acids is 1. The summed E-state index contributed by atoms with van der Waals surface area (Å²) >= 11 is 1.17. The molecule has 3 aromatic rings. The number of benzene rings is 2. The van der Waals surface area contributed by atoms with Crippen LogP contribution < -0.4 is 10.2 Å². The first kappa shape index (κ1) is 35.2. The van der Waals surface area contributed by atoms with Crippen molar-refractivity contribution in [1.29, 1.82) is 0 Å². The quantitative estimate of drug-likeness (QED) is 0.229. The number of anilines is 2. The Kier molecular flexibility index (Phi) is 10.4. The van der Waals surface area contributed by atoms with Gasteiger partial charge in [0.15, 0.2) is 0 Å². The minimum atomic E-state index is -4.98. The number of aromatic nitrogens is 4. The normalized spacial score (nSPS) is 17.9. The highest BCUT2D eigenvalue weighted by Crippen LogP contribution is 2.43. The summed E-state index contributed by atoms with van der Waals surface area (Å²) in [5.74, 6) is -0.0777. The number of fused-ring (bicyclic) bond motifs is 1. The Balaban J connectivity index is 1.58. The van der Waals surface area contributed by atoms with E-state index in [4.69, 9.17) is 4.74 Å². The van der Waals surface area contributed by atoms with Crippen LogP contribution in [-0.2, 0) is 36.2 Å². The van der Waals surface area contributed by atoms with Crippen LogP contribution in [0.2, 0.25) is 0 Å².